The van der Waals surface area contributed by atoms with E-state index in [1.807, 2.05) is 0 Å². The normalized spacial score (nSPS) is 24.0. The van der Waals surface area contributed by atoms with Gasteiger partial charge in [0.2, 0.25) is 10.0 Å². The fourth-order valence-electron chi connectivity index (χ4n) is 2.54. The Morgan fingerprint density at radius 3 is 2.74 bits per heavy atom. The molecule has 0 spiro atoms. The van der Waals surface area contributed by atoms with Crippen LogP contribution in [0.4, 0.5) is 0 Å². The standard InChI is InChI=1S/C12H13Cl2N3O3S2.ClH/c13-8-4-7(5-9(10(8)14)22(15,19)20)12(18)6-21-11-16-2-1-3-17(11)12;/h4-5,18H,1-3,6H2,(H2,15,19,20);1H. The molecule has 1 aromatic carbocycles. The quantitative estimate of drug-likeness (QED) is 0.766. The van der Waals surface area contributed by atoms with Gasteiger partial charge < -0.3 is 10.0 Å². The molecule has 2 aliphatic heterocycles. The van der Waals surface area contributed by atoms with Crippen molar-refractivity contribution in [3.63, 3.8) is 0 Å². The van der Waals surface area contributed by atoms with Crippen LogP contribution in [0.3, 0.4) is 0 Å². The molecule has 3 rings (SSSR count). The van der Waals surface area contributed by atoms with Gasteiger partial charge in [-0.25, -0.2) is 13.6 Å². The second kappa shape index (κ2) is 6.59. The van der Waals surface area contributed by atoms with E-state index >= 15 is 0 Å². The molecule has 1 aromatic rings. The maximum absolute atomic E-state index is 11.7. The Balaban J connectivity index is 0.00000192. The Labute approximate surface area is 154 Å². The number of nitrogens with zero attached hydrogens (tertiary/aromatic N) is 2. The highest BCUT2D eigenvalue weighted by atomic mass is 35.5. The number of benzene rings is 1. The van der Waals surface area contributed by atoms with E-state index in [0.717, 1.165) is 18.1 Å². The third kappa shape index (κ3) is 3.30. The summed E-state index contributed by atoms with van der Waals surface area (Å²) in [4.78, 5) is 5.83. The van der Waals surface area contributed by atoms with Gasteiger partial charge in [0.25, 0.3) is 0 Å². The SMILES string of the molecule is Cl.NS(=O)(=O)c1cc(C2(O)CSC3=NCCCN32)cc(Cl)c1Cl. The molecule has 11 heteroatoms. The van der Waals surface area contributed by atoms with E-state index in [1.165, 1.54) is 23.9 Å². The van der Waals surface area contributed by atoms with Crippen molar-refractivity contribution in [1.29, 1.82) is 0 Å². The molecular weight excluding hydrogens is 405 g/mol. The van der Waals surface area contributed by atoms with Crippen LogP contribution >= 0.6 is 47.4 Å². The van der Waals surface area contributed by atoms with Gasteiger partial charge in [0, 0.05) is 18.7 Å². The van der Waals surface area contributed by atoms with Crippen molar-refractivity contribution in [2.75, 3.05) is 18.8 Å². The first-order chi connectivity index (χ1) is 10.2. The number of sulfonamides is 1. The zero-order chi connectivity index (χ0) is 16.1. The molecule has 2 heterocycles. The van der Waals surface area contributed by atoms with Crippen molar-refractivity contribution in [2.24, 2.45) is 10.1 Å². The number of hydrogen-bond donors (Lipinski definition) is 2. The van der Waals surface area contributed by atoms with Crippen LogP contribution in [0, 0.1) is 0 Å². The summed E-state index contributed by atoms with van der Waals surface area (Å²) in [5, 5.41) is 16.9. The molecule has 0 radical (unpaired) electrons. The number of rotatable bonds is 2. The number of hydrogen-bond acceptors (Lipinski definition) is 6. The highest BCUT2D eigenvalue weighted by molar-refractivity contribution is 8.14. The van der Waals surface area contributed by atoms with E-state index in [1.54, 1.807) is 4.90 Å². The fraction of sp³-hybridized carbons (Fsp3) is 0.417. The van der Waals surface area contributed by atoms with Gasteiger partial charge in [0.1, 0.15) is 4.90 Å². The van der Waals surface area contributed by atoms with Crippen LogP contribution < -0.4 is 5.14 Å². The summed E-state index contributed by atoms with van der Waals surface area (Å²) in [5.41, 5.74) is -1.04. The second-order valence-corrected chi connectivity index (χ2v) is 8.35. The largest absolute Gasteiger partial charge is 0.366 e. The molecule has 1 atom stereocenters. The number of aliphatic hydroxyl groups is 1. The van der Waals surface area contributed by atoms with Gasteiger partial charge >= 0.3 is 0 Å². The van der Waals surface area contributed by atoms with E-state index < -0.39 is 15.7 Å². The van der Waals surface area contributed by atoms with Crippen LogP contribution in [0.2, 0.25) is 10.0 Å². The summed E-state index contributed by atoms with van der Waals surface area (Å²) in [7, 11) is -4.05. The highest BCUT2D eigenvalue weighted by Crippen LogP contribution is 2.43. The number of amidine groups is 1. The third-order valence-corrected chi connectivity index (χ3v) is 6.63. The van der Waals surface area contributed by atoms with Gasteiger partial charge in [-0.3, -0.25) is 4.99 Å². The Morgan fingerprint density at radius 1 is 1.39 bits per heavy atom. The minimum atomic E-state index is -4.05. The minimum absolute atomic E-state index is 0. The lowest BCUT2D eigenvalue weighted by molar-refractivity contribution is -0.0498. The first kappa shape index (κ1) is 19.1. The summed E-state index contributed by atoms with van der Waals surface area (Å²) in [6.07, 6.45) is 0.815. The molecule has 1 fully saturated rings. The number of primary sulfonamides is 1. The molecule has 0 aromatic heterocycles. The number of halogens is 3. The van der Waals surface area contributed by atoms with Crippen molar-refractivity contribution in [2.45, 2.75) is 17.0 Å². The van der Waals surface area contributed by atoms with Crippen LogP contribution in [-0.2, 0) is 15.7 Å². The van der Waals surface area contributed by atoms with Gasteiger partial charge in [0.05, 0.1) is 15.8 Å². The van der Waals surface area contributed by atoms with Crippen molar-refractivity contribution < 1.29 is 13.5 Å². The maximum Gasteiger partial charge on any atom is 0.239 e. The van der Waals surface area contributed by atoms with Crippen LogP contribution in [-0.4, -0.2) is 42.4 Å². The molecule has 0 saturated carbocycles. The number of fused-ring (bicyclic) bond motifs is 1. The Morgan fingerprint density at radius 2 is 2.09 bits per heavy atom. The second-order valence-electron chi connectivity index (χ2n) is 5.09. The van der Waals surface area contributed by atoms with Crippen LogP contribution in [0.1, 0.15) is 12.0 Å². The predicted octanol–water partition coefficient (Wildman–Crippen LogP) is 2.02. The Hall–Kier alpha value is -0.220. The molecule has 128 valence electrons. The van der Waals surface area contributed by atoms with Crippen molar-refractivity contribution in [3.05, 3.63) is 27.7 Å². The Bertz CT molecular complexity index is 772. The van der Waals surface area contributed by atoms with Crippen molar-refractivity contribution in [3.8, 4) is 0 Å². The monoisotopic (exact) mass is 417 g/mol. The zero-order valence-electron chi connectivity index (χ0n) is 11.7. The van der Waals surface area contributed by atoms with Gasteiger partial charge in [0.15, 0.2) is 10.9 Å². The van der Waals surface area contributed by atoms with Crippen LogP contribution in [0.25, 0.3) is 0 Å². The summed E-state index contributed by atoms with van der Waals surface area (Å²) >= 11 is 13.4. The van der Waals surface area contributed by atoms with Gasteiger partial charge in [-0.1, -0.05) is 35.0 Å². The minimum Gasteiger partial charge on any atom is -0.366 e. The fourth-order valence-corrected chi connectivity index (χ4v) is 5.13. The molecule has 23 heavy (non-hydrogen) atoms. The molecular formula is C12H14Cl3N3O3S2. The van der Waals surface area contributed by atoms with Crippen molar-refractivity contribution in [1.82, 2.24) is 4.90 Å². The Kier molecular flexibility index (Phi) is 5.47. The zero-order valence-corrected chi connectivity index (χ0v) is 15.7. The molecule has 1 saturated heterocycles. The lowest BCUT2D eigenvalue weighted by Crippen LogP contribution is -2.47. The molecule has 1 unspecified atom stereocenters. The van der Waals surface area contributed by atoms with E-state index in [-0.39, 0.29) is 27.3 Å². The van der Waals surface area contributed by atoms with Gasteiger partial charge in [-0.05, 0) is 18.6 Å². The molecule has 0 amide bonds. The number of nitrogens with two attached hydrogens (primary N) is 1. The average Bonchev–Trinajstić information content (AvgIpc) is 2.80. The molecule has 2 aliphatic rings. The summed E-state index contributed by atoms with van der Waals surface area (Å²) in [5.74, 6) is 0.327. The maximum atomic E-state index is 11.7. The summed E-state index contributed by atoms with van der Waals surface area (Å²) in [6.45, 7) is 1.35. The van der Waals surface area contributed by atoms with Gasteiger partial charge in [-0.2, -0.15) is 0 Å². The summed E-state index contributed by atoms with van der Waals surface area (Å²) < 4.78 is 23.3. The van der Waals surface area contributed by atoms with Gasteiger partial charge in [-0.15, -0.1) is 12.4 Å². The van der Waals surface area contributed by atoms with E-state index in [9.17, 15) is 13.5 Å². The topological polar surface area (TPSA) is 96.0 Å². The van der Waals surface area contributed by atoms with Crippen LogP contribution in [0.15, 0.2) is 22.0 Å². The predicted molar refractivity (Wildman–Crippen MR) is 95.1 cm³/mol. The molecule has 6 nitrogen and oxygen atoms in total. The lowest BCUT2D eigenvalue weighted by Gasteiger charge is -2.36. The molecule has 3 N–H and O–H groups in total. The molecule has 0 aliphatic carbocycles. The molecule has 0 bridgehead atoms. The van der Waals surface area contributed by atoms with E-state index in [4.69, 9.17) is 28.3 Å². The first-order valence-electron chi connectivity index (χ1n) is 6.43. The van der Waals surface area contributed by atoms with E-state index in [2.05, 4.69) is 4.99 Å². The smallest absolute Gasteiger partial charge is 0.239 e. The van der Waals surface area contributed by atoms with Crippen LogP contribution in [0.5, 0.6) is 0 Å². The highest BCUT2D eigenvalue weighted by Gasteiger charge is 2.46. The summed E-state index contributed by atoms with van der Waals surface area (Å²) in [6, 6.07) is 2.75. The van der Waals surface area contributed by atoms with Crippen molar-refractivity contribution >= 4 is 62.6 Å². The average molecular weight is 419 g/mol. The first-order valence-corrected chi connectivity index (χ1v) is 9.72. The number of aliphatic imine (C=N–C) groups is 1. The third-order valence-electron chi connectivity index (χ3n) is 3.63. The number of thioether (sulfide) groups is 1. The lowest BCUT2D eigenvalue weighted by atomic mass is 10.0. The van der Waals surface area contributed by atoms with E-state index in [0.29, 0.717) is 17.9 Å².